The molecule has 1 aromatic heterocycles. The third-order valence-electron chi connectivity index (χ3n) is 5.80. The molecule has 33 heavy (non-hydrogen) atoms. The van der Waals surface area contributed by atoms with Gasteiger partial charge in [-0.25, -0.2) is 0 Å². The Morgan fingerprint density at radius 1 is 1.00 bits per heavy atom. The minimum atomic E-state index is -0.151. The Morgan fingerprint density at radius 2 is 1.64 bits per heavy atom. The van der Waals surface area contributed by atoms with Crippen molar-refractivity contribution in [2.75, 3.05) is 28.6 Å². The van der Waals surface area contributed by atoms with Crippen LogP contribution < -0.4 is 15.5 Å². The molecule has 0 spiro atoms. The number of amides is 2. The normalized spacial score (nSPS) is 14.2. The van der Waals surface area contributed by atoms with Crippen molar-refractivity contribution in [2.45, 2.75) is 39.5 Å². The van der Waals surface area contributed by atoms with Crippen molar-refractivity contribution < 1.29 is 14.1 Å². The summed E-state index contributed by atoms with van der Waals surface area (Å²) in [6, 6.07) is 15.2. The average Bonchev–Trinajstić information content (AvgIpc) is 3.29. The molecule has 2 N–H and O–H groups in total. The number of hydrogen-bond donors (Lipinski definition) is 2. The third-order valence-corrected chi connectivity index (χ3v) is 5.80. The first kappa shape index (κ1) is 22.5. The second kappa shape index (κ2) is 10.3. The van der Waals surface area contributed by atoms with Crippen LogP contribution in [0.25, 0.3) is 11.4 Å². The zero-order chi connectivity index (χ0) is 23.2. The summed E-state index contributed by atoms with van der Waals surface area (Å²) in [5.41, 5.74) is 3.44. The summed E-state index contributed by atoms with van der Waals surface area (Å²) in [7, 11) is 0. The van der Waals surface area contributed by atoms with E-state index in [1.54, 1.807) is 24.3 Å². The van der Waals surface area contributed by atoms with Crippen LogP contribution in [0.15, 0.2) is 53.1 Å². The van der Waals surface area contributed by atoms with Gasteiger partial charge in [0.15, 0.2) is 0 Å². The summed E-state index contributed by atoms with van der Waals surface area (Å²) in [6.45, 7) is 5.94. The number of rotatable bonds is 7. The first-order valence-electron chi connectivity index (χ1n) is 11.3. The second-order valence-electron chi connectivity index (χ2n) is 8.53. The van der Waals surface area contributed by atoms with Crippen LogP contribution in [-0.2, 0) is 16.0 Å². The Morgan fingerprint density at radius 3 is 2.27 bits per heavy atom. The lowest BCUT2D eigenvalue weighted by Gasteiger charge is -2.32. The van der Waals surface area contributed by atoms with E-state index in [2.05, 4.69) is 44.7 Å². The van der Waals surface area contributed by atoms with E-state index in [-0.39, 0.29) is 18.2 Å². The van der Waals surface area contributed by atoms with Gasteiger partial charge in [-0.2, -0.15) is 4.98 Å². The Bertz CT molecular complexity index is 1080. The molecular weight excluding hydrogens is 418 g/mol. The van der Waals surface area contributed by atoms with Crippen molar-refractivity contribution in [2.24, 2.45) is 5.92 Å². The van der Waals surface area contributed by atoms with Crippen LogP contribution in [0.2, 0.25) is 0 Å². The van der Waals surface area contributed by atoms with Gasteiger partial charge < -0.3 is 20.1 Å². The molecule has 3 aromatic rings. The van der Waals surface area contributed by atoms with E-state index in [4.69, 9.17) is 4.52 Å². The summed E-state index contributed by atoms with van der Waals surface area (Å²) < 4.78 is 5.34. The van der Waals surface area contributed by atoms with Gasteiger partial charge in [0.25, 0.3) is 0 Å². The lowest BCUT2D eigenvalue weighted by molar-refractivity contribution is -0.116. The Kier molecular flexibility index (Phi) is 7.02. The molecule has 2 amide bonds. The smallest absolute Gasteiger partial charge is 0.227 e. The molecule has 1 fully saturated rings. The van der Waals surface area contributed by atoms with Gasteiger partial charge in [0.1, 0.15) is 0 Å². The van der Waals surface area contributed by atoms with Gasteiger partial charge in [-0.05, 0) is 67.3 Å². The van der Waals surface area contributed by atoms with E-state index < -0.39 is 0 Å². The fraction of sp³-hybridized carbons (Fsp3) is 0.360. The zero-order valence-electron chi connectivity index (χ0n) is 19.0. The van der Waals surface area contributed by atoms with Gasteiger partial charge in [0.2, 0.25) is 23.5 Å². The van der Waals surface area contributed by atoms with Crippen molar-refractivity contribution in [3.8, 4) is 11.4 Å². The monoisotopic (exact) mass is 447 g/mol. The zero-order valence-corrected chi connectivity index (χ0v) is 19.0. The van der Waals surface area contributed by atoms with Gasteiger partial charge in [-0.3, -0.25) is 9.59 Å². The topological polar surface area (TPSA) is 100 Å². The molecule has 0 unspecified atom stereocenters. The Hall–Kier alpha value is -3.68. The van der Waals surface area contributed by atoms with E-state index in [0.717, 1.165) is 24.6 Å². The van der Waals surface area contributed by atoms with Crippen LogP contribution in [0.4, 0.5) is 17.1 Å². The van der Waals surface area contributed by atoms with Crippen molar-refractivity contribution in [1.29, 1.82) is 0 Å². The molecule has 1 aliphatic heterocycles. The average molecular weight is 448 g/mol. The highest BCUT2D eigenvalue weighted by Crippen LogP contribution is 2.25. The number of nitrogens with one attached hydrogen (secondary N) is 2. The van der Waals surface area contributed by atoms with Gasteiger partial charge in [0, 0.05) is 55.5 Å². The van der Waals surface area contributed by atoms with Gasteiger partial charge in [-0.1, -0.05) is 12.1 Å². The summed E-state index contributed by atoms with van der Waals surface area (Å²) >= 11 is 0. The van der Waals surface area contributed by atoms with E-state index in [9.17, 15) is 9.59 Å². The fourth-order valence-corrected chi connectivity index (χ4v) is 3.85. The van der Waals surface area contributed by atoms with Crippen LogP contribution in [0, 0.1) is 5.92 Å². The minimum Gasteiger partial charge on any atom is -0.372 e. The number of hydrogen-bond acceptors (Lipinski definition) is 6. The second-order valence-corrected chi connectivity index (χ2v) is 8.53. The lowest BCUT2D eigenvalue weighted by Crippen LogP contribution is -2.32. The molecule has 0 radical (unpaired) electrons. The van der Waals surface area contributed by atoms with Crippen LogP contribution in [0.1, 0.15) is 39.0 Å². The first-order chi connectivity index (χ1) is 16.0. The number of carbonyl (C=O) groups is 2. The highest BCUT2D eigenvalue weighted by atomic mass is 16.5. The molecule has 0 bridgehead atoms. The molecule has 172 valence electrons. The first-order valence-corrected chi connectivity index (χ1v) is 11.3. The fourth-order valence-electron chi connectivity index (χ4n) is 3.85. The summed E-state index contributed by atoms with van der Waals surface area (Å²) in [5, 5.41) is 9.58. The molecular formula is C25H29N5O3. The van der Waals surface area contributed by atoms with Crippen molar-refractivity contribution >= 4 is 28.9 Å². The van der Waals surface area contributed by atoms with E-state index in [1.807, 2.05) is 12.1 Å². The van der Waals surface area contributed by atoms with Crippen LogP contribution in [0.5, 0.6) is 0 Å². The number of nitrogens with zero attached hydrogens (tertiary/aromatic N) is 3. The van der Waals surface area contributed by atoms with Crippen molar-refractivity contribution in [3.05, 3.63) is 54.4 Å². The molecule has 0 atom stereocenters. The summed E-state index contributed by atoms with van der Waals surface area (Å²) in [5.74, 6) is 1.46. The summed E-state index contributed by atoms with van der Waals surface area (Å²) in [6.07, 6.45) is 3.03. The maximum Gasteiger partial charge on any atom is 0.227 e. The number of aryl methyl sites for hydroxylation is 1. The highest BCUT2D eigenvalue weighted by molar-refractivity contribution is 5.92. The number of carbonyl (C=O) groups excluding carboxylic acids is 2. The lowest BCUT2D eigenvalue weighted by atomic mass is 9.98. The number of anilines is 3. The van der Waals surface area contributed by atoms with E-state index >= 15 is 0 Å². The van der Waals surface area contributed by atoms with Crippen molar-refractivity contribution in [1.82, 2.24) is 10.1 Å². The standard InChI is InChI=1S/C25H29N5O3/c1-17-13-15-30(16-14-17)22-9-3-19(4-10-22)25-28-24(33-29-25)12-11-23(32)27-21-7-5-20(6-8-21)26-18(2)31/h3-10,17H,11-16H2,1-2H3,(H,26,31)(H,27,32). The van der Waals surface area contributed by atoms with E-state index in [0.29, 0.717) is 29.5 Å². The number of piperidine rings is 1. The maximum absolute atomic E-state index is 12.3. The quantitative estimate of drug-likeness (QED) is 0.553. The Labute approximate surface area is 193 Å². The third kappa shape index (κ3) is 6.19. The molecule has 1 aliphatic rings. The molecule has 1 saturated heterocycles. The summed E-state index contributed by atoms with van der Waals surface area (Å²) in [4.78, 5) is 30.2. The SMILES string of the molecule is CC(=O)Nc1ccc(NC(=O)CCc2nc(-c3ccc(N4CCC(C)CC4)cc3)no2)cc1. The predicted molar refractivity (Wildman–Crippen MR) is 128 cm³/mol. The van der Waals surface area contributed by atoms with Crippen LogP contribution in [0.3, 0.4) is 0 Å². The van der Waals surface area contributed by atoms with Crippen molar-refractivity contribution in [3.63, 3.8) is 0 Å². The van der Waals surface area contributed by atoms with Gasteiger partial charge in [-0.15, -0.1) is 0 Å². The van der Waals surface area contributed by atoms with E-state index in [1.165, 1.54) is 25.5 Å². The largest absolute Gasteiger partial charge is 0.372 e. The van der Waals surface area contributed by atoms with Crippen LogP contribution >= 0.6 is 0 Å². The van der Waals surface area contributed by atoms with Gasteiger partial charge >= 0.3 is 0 Å². The molecule has 8 heteroatoms. The molecule has 2 heterocycles. The molecule has 0 saturated carbocycles. The van der Waals surface area contributed by atoms with Gasteiger partial charge in [0.05, 0.1) is 0 Å². The minimum absolute atomic E-state index is 0.140. The van der Waals surface area contributed by atoms with Crippen LogP contribution in [-0.4, -0.2) is 35.0 Å². The number of benzene rings is 2. The molecule has 0 aliphatic carbocycles. The molecule has 8 nitrogen and oxygen atoms in total. The highest BCUT2D eigenvalue weighted by Gasteiger charge is 2.17. The molecule has 4 rings (SSSR count). The number of aromatic nitrogens is 2. The maximum atomic E-state index is 12.3. The molecule has 2 aromatic carbocycles. The predicted octanol–water partition coefficient (Wildman–Crippen LogP) is 4.50. The Balaban J connectivity index is 1.28.